The Morgan fingerprint density at radius 2 is 1.23 bits per heavy atom. The fraction of sp³-hybridized carbons (Fsp3) is 0.571. The van der Waals surface area contributed by atoms with E-state index >= 15 is 0 Å². The highest BCUT2D eigenvalue weighted by atomic mass is 16.5. The summed E-state index contributed by atoms with van der Waals surface area (Å²) in [4.78, 5) is 261. The molecule has 23 N–H and O–H groups in total. The maximum absolute atomic E-state index is 14.8. The fourth-order valence-corrected chi connectivity index (χ4v) is 14.6. The number of primary amides is 1. The molecule has 6 aromatic rings. The van der Waals surface area contributed by atoms with E-state index in [1.54, 1.807) is 31.7 Å². The molecule has 8 rings (SSSR count). The summed E-state index contributed by atoms with van der Waals surface area (Å²) in [6.45, 7) is 1.90. The number of aliphatic carboxylic acids is 4. The number of benzene rings is 1. The number of H-pyrrole nitrogens is 3. The van der Waals surface area contributed by atoms with Crippen LogP contribution in [0.1, 0.15) is 111 Å². The van der Waals surface area contributed by atoms with Gasteiger partial charge < -0.3 is 119 Å². The van der Waals surface area contributed by atoms with Crippen molar-refractivity contribution in [3.63, 3.8) is 0 Å². The van der Waals surface area contributed by atoms with Gasteiger partial charge in [-0.15, -0.1) is 5.10 Å². The number of nitrogens with two attached hydrogens (primary N) is 2. The molecule has 5 aromatic heterocycles. The monoisotopic (exact) mass is 1920 g/mol. The van der Waals surface area contributed by atoms with Crippen LogP contribution in [0.4, 0.5) is 11.6 Å². The number of carboxylic acids is 4. The Bertz CT molecular complexity index is 5050. The molecule has 53 heteroatoms. The minimum atomic E-state index is -1.78. The standard InChI is InChI=1S/C84H121N27O26/c1-49-76(126)99-60(78(128)90-16-26-135-27-28-136-29-30-137-46-68(118)97-59(74(85)125)7-3-5-15-89-67(117)41-107-18-20-108(42-69(119)120)22-24-110(44-71(123)124)25-23-109(21-19-107)43-70(121)122)8-4-6-17-111-40-57(105-106-111)35-61(98-66(116)14-11-52(83(133)134)32-64(114)51-9-12-54(13-10-51)91-38-58-39-92-75-73(96-58)82(132)104-84(86)103-75)79(129)100-62(34-56-37-88-48-94-56)80(130)101-63(45-112)65(115)33-53(31-55-36-87-47-93-55)77(127)102-72(50(2)113)81(131)95-49/h9-10,12-13,36-37,39-40,47-50,52-53,59-63,72,91,112-113H,3-8,11,14-35,38,41-46H2,1-2H3,(H2,85,125)(H,87,93)(H,88,94)(H,89,117)(H,90,128)(H,95,131)(H,97,118)(H,98,116)(H,99,126)(H,100,129)(H,101,130)(H,102,127)(H,119,120)(H,121,122)(H,123,124)(H,133,134)(H3,86,92,103,104,132)/t49-,50+,52-,53+,59+,60+,61+,62-,63-,72-/m1/s1. The molecular weight excluding hydrogens is 1800 g/mol. The predicted molar refractivity (Wildman–Crippen MR) is 479 cm³/mol. The number of imidazole rings is 2. The molecule has 0 aliphatic carbocycles. The average Bonchev–Trinajstić information content (AvgIpc) is 1.13. The Kier molecular flexibility index (Phi) is 44.7. The maximum atomic E-state index is 14.8. The molecule has 0 unspecified atom stereocenters. The van der Waals surface area contributed by atoms with E-state index in [9.17, 15) is 112 Å². The van der Waals surface area contributed by atoms with Crippen LogP contribution >= 0.6 is 0 Å². The molecule has 1 aromatic carbocycles. The Balaban J connectivity index is 0.845. The van der Waals surface area contributed by atoms with Gasteiger partial charge in [-0.05, 0) is 83.1 Å². The van der Waals surface area contributed by atoms with Crippen molar-refractivity contribution in [3.05, 3.63) is 100 Å². The molecule has 2 bridgehead atoms. The summed E-state index contributed by atoms with van der Waals surface area (Å²) in [6.07, 6.45) is 4.47. The first-order valence-electron chi connectivity index (χ1n) is 44.5. The van der Waals surface area contributed by atoms with Crippen LogP contribution in [-0.4, -0.2) is 386 Å². The van der Waals surface area contributed by atoms with Crippen molar-refractivity contribution in [1.29, 1.82) is 0 Å². The highest BCUT2D eigenvalue weighted by Gasteiger charge is 2.38. The van der Waals surface area contributed by atoms with Gasteiger partial charge in [0, 0.05) is 152 Å². The van der Waals surface area contributed by atoms with Crippen molar-refractivity contribution in [2.45, 2.75) is 159 Å². The first kappa shape index (κ1) is 108. The number of nitrogen functional groups attached to an aromatic ring is 1. The van der Waals surface area contributed by atoms with Crippen molar-refractivity contribution in [2.75, 3.05) is 149 Å². The molecule has 2 aliphatic rings. The number of ketones is 2. The van der Waals surface area contributed by atoms with Crippen LogP contribution in [0.15, 0.2) is 66.5 Å². The second-order valence-corrected chi connectivity index (χ2v) is 32.9. The maximum Gasteiger partial charge on any atom is 0.317 e. The lowest BCUT2D eigenvalue weighted by molar-refractivity contribution is -0.142. The normalized spacial score (nSPS) is 19.7. The number of unbranched alkanes of at least 4 members (excludes halogenated alkanes) is 1. The number of hydrogen-bond donors (Lipinski definition) is 21. The smallest absolute Gasteiger partial charge is 0.317 e. The van der Waals surface area contributed by atoms with Crippen LogP contribution in [0.5, 0.6) is 0 Å². The third kappa shape index (κ3) is 38.8. The van der Waals surface area contributed by atoms with E-state index in [-0.39, 0.29) is 216 Å². The van der Waals surface area contributed by atoms with Crippen molar-refractivity contribution < 1.29 is 122 Å². The van der Waals surface area contributed by atoms with Crippen LogP contribution in [0, 0.1) is 11.8 Å². The molecule has 0 radical (unpaired) electrons. The number of amides is 10. The van der Waals surface area contributed by atoms with Gasteiger partial charge in [-0.25, -0.2) is 19.9 Å². The molecule has 10 amide bonds. The number of fused-ring (bicyclic) bond motifs is 3. The Morgan fingerprint density at radius 1 is 0.620 bits per heavy atom. The number of Topliss-reactive ketones (excluding diaryl/α,β-unsaturated/α-hetero) is 2. The summed E-state index contributed by atoms with van der Waals surface area (Å²) >= 11 is 0. The van der Waals surface area contributed by atoms with Crippen molar-refractivity contribution in [1.82, 2.24) is 122 Å². The van der Waals surface area contributed by atoms with Gasteiger partial charge in [-0.3, -0.25) is 111 Å². The van der Waals surface area contributed by atoms with E-state index in [1.165, 1.54) is 68.1 Å². The first-order valence-corrected chi connectivity index (χ1v) is 44.5. The average molecular weight is 1930 g/mol. The molecule has 0 spiro atoms. The van der Waals surface area contributed by atoms with E-state index in [1.807, 2.05) is 0 Å². The summed E-state index contributed by atoms with van der Waals surface area (Å²) in [5, 5.41) is 95.5. The molecule has 53 nitrogen and oxygen atoms in total. The highest BCUT2D eigenvalue weighted by molar-refractivity contribution is 6.00. The molecule has 1 saturated heterocycles. The van der Waals surface area contributed by atoms with Gasteiger partial charge in [0.15, 0.2) is 22.7 Å². The van der Waals surface area contributed by atoms with Crippen molar-refractivity contribution in [3.8, 4) is 0 Å². The van der Waals surface area contributed by atoms with Gasteiger partial charge in [0.2, 0.25) is 65.0 Å². The lowest BCUT2D eigenvalue weighted by atomic mass is 9.92. The summed E-state index contributed by atoms with van der Waals surface area (Å²) in [5.74, 6) is -17.5. The Hall–Kier alpha value is -13.8. The number of aliphatic hydroxyl groups excluding tert-OH is 2. The van der Waals surface area contributed by atoms with Gasteiger partial charge >= 0.3 is 23.9 Å². The third-order valence-corrected chi connectivity index (χ3v) is 22.1. The first-order chi connectivity index (χ1) is 65.5. The number of carbonyl (C=O) groups is 16. The molecule has 7 heterocycles. The summed E-state index contributed by atoms with van der Waals surface area (Å²) < 4.78 is 18.1. The topological polar surface area (TPSA) is 767 Å². The van der Waals surface area contributed by atoms with Crippen molar-refractivity contribution >= 4 is 117 Å². The zero-order chi connectivity index (χ0) is 99.5. The third-order valence-electron chi connectivity index (χ3n) is 22.1. The fourth-order valence-electron chi connectivity index (χ4n) is 14.6. The van der Waals surface area contributed by atoms with Gasteiger partial charge in [0.25, 0.3) is 5.56 Å². The number of anilines is 2. The predicted octanol–water partition coefficient (Wildman–Crippen LogP) is -7.31. The molecule has 0 saturated carbocycles. The van der Waals surface area contributed by atoms with Gasteiger partial charge in [0.05, 0.1) is 121 Å². The number of aliphatic hydroxyl groups is 2. The van der Waals surface area contributed by atoms with Gasteiger partial charge in [-0.1, -0.05) is 5.21 Å². The molecule has 1 fully saturated rings. The number of nitrogens with zero attached hydrogens (tertiary/aromatic N) is 12. The lowest BCUT2D eigenvalue weighted by Gasteiger charge is -2.32. The zero-order valence-electron chi connectivity index (χ0n) is 75.9. The molecule has 137 heavy (non-hydrogen) atoms. The van der Waals surface area contributed by atoms with Gasteiger partial charge in [-0.2, -0.15) is 4.98 Å². The van der Waals surface area contributed by atoms with E-state index in [0.29, 0.717) is 29.9 Å². The second-order valence-electron chi connectivity index (χ2n) is 32.9. The highest BCUT2D eigenvalue weighted by Crippen LogP contribution is 2.21. The van der Waals surface area contributed by atoms with Crippen LogP contribution in [0.2, 0.25) is 0 Å². The van der Waals surface area contributed by atoms with Crippen LogP contribution in [0.25, 0.3) is 11.2 Å². The SMILES string of the molecule is C[C@H](O)[C@H]1NC(=O)[C@@H](Cc2cnc[nH]2)CC(=O)[C@@H](CO)NC(=O)[C@@H](Cc2cnc[nH]2)NC(=O)[C@@H](NC(=O)CC[C@H](CC(=O)c2ccc(NCc3cnc4nc(N)[nH]c(=O)c4n3)cc2)C(=O)O)Cc2cn(nn2)CCCC[C@@H](C(=O)NCCOCCOCCOCC(=O)N[C@@H](CCCCNC(=O)CN2CCN(CC(=O)O)CCN(CC(=O)O)CCN(CC(=O)O)CC2)C(N)=O)NC(=O)[C@@H](C)NC1=O. The number of aryl methyl sites for hydroxylation is 1. The summed E-state index contributed by atoms with van der Waals surface area (Å²) in [7, 11) is 0. The van der Waals surface area contributed by atoms with Gasteiger partial charge in [0.1, 0.15) is 48.9 Å². The molecule has 748 valence electrons. The van der Waals surface area contributed by atoms with E-state index in [0.717, 1.165) is 0 Å². The van der Waals surface area contributed by atoms with Crippen LogP contribution in [0.3, 0.4) is 0 Å². The van der Waals surface area contributed by atoms with Crippen molar-refractivity contribution in [2.24, 2.45) is 17.6 Å². The number of nitrogens with one attached hydrogen (secondary N) is 13. The number of carbonyl (C=O) groups excluding carboxylic acids is 12. The minimum absolute atomic E-state index is 0.00562. The number of ether oxygens (including phenoxy) is 3. The van der Waals surface area contributed by atoms with E-state index in [4.69, 9.17) is 25.7 Å². The van der Waals surface area contributed by atoms with Crippen LogP contribution in [-0.2, 0) is 118 Å². The summed E-state index contributed by atoms with van der Waals surface area (Å²) in [6, 6.07) is -4.53. The largest absolute Gasteiger partial charge is 0.481 e. The number of aromatic nitrogens is 11. The van der Waals surface area contributed by atoms with E-state index < -0.39 is 200 Å². The van der Waals surface area contributed by atoms with E-state index in [2.05, 4.69) is 103 Å². The minimum Gasteiger partial charge on any atom is -0.481 e. The molecule has 2 aliphatic heterocycles. The number of rotatable bonds is 44. The molecular formula is C84H121N27O26. The number of hydrogen-bond acceptors (Lipinski definition) is 35. The number of aromatic amines is 3. The molecule has 10 atom stereocenters. The number of carboxylic acid groups (broad SMARTS) is 4. The Morgan fingerprint density at radius 3 is 1.83 bits per heavy atom. The lowest BCUT2D eigenvalue weighted by Crippen LogP contribution is -2.59. The Labute approximate surface area is 783 Å². The summed E-state index contributed by atoms with van der Waals surface area (Å²) in [5.41, 5.74) is 12.4. The zero-order valence-corrected chi connectivity index (χ0v) is 75.9. The quantitative estimate of drug-likeness (QED) is 0.0125. The van der Waals surface area contributed by atoms with Crippen LogP contribution < -0.4 is 70.2 Å². The second kappa shape index (κ2) is 56.5.